The fraction of sp³-hybridized carbons (Fsp3) is 0.769. The molecule has 0 heterocycles. The lowest BCUT2D eigenvalue weighted by Crippen LogP contribution is -2.32. The van der Waals surface area contributed by atoms with Gasteiger partial charge in [0.1, 0.15) is 0 Å². The molecule has 0 bridgehead atoms. The maximum absolute atomic E-state index is 12.0. The van der Waals surface area contributed by atoms with Crippen molar-refractivity contribution in [1.82, 2.24) is 5.32 Å². The van der Waals surface area contributed by atoms with Crippen molar-refractivity contribution in [3.8, 4) is 0 Å². The number of amides is 1. The normalized spacial score (nSPS) is 19.5. The van der Waals surface area contributed by atoms with E-state index in [0.717, 1.165) is 51.4 Å². The molecule has 0 saturated heterocycles. The molecule has 1 aliphatic rings. The Morgan fingerprint density at radius 2 is 1.43 bits per heavy atom. The summed E-state index contributed by atoms with van der Waals surface area (Å²) in [6.45, 7) is 2.95. The topological polar surface area (TPSA) is 66.4 Å². The van der Waals surface area contributed by atoms with E-state index in [-0.39, 0.29) is 11.8 Å². The molecule has 4 nitrogen and oxygen atoms in total. The lowest BCUT2D eigenvalue weighted by atomic mass is 9.82. The van der Waals surface area contributed by atoms with Gasteiger partial charge in [-0.25, -0.2) is 0 Å². The van der Waals surface area contributed by atoms with Gasteiger partial charge in [-0.2, -0.15) is 0 Å². The van der Waals surface area contributed by atoms with Crippen LogP contribution in [-0.4, -0.2) is 23.5 Å². The predicted octanol–water partition coefficient (Wildman–Crippen LogP) is 6.81. The van der Waals surface area contributed by atoms with Gasteiger partial charge in [-0.1, -0.05) is 63.3 Å². The number of carboxylic acid groups (broad SMARTS) is 1. The predicted molar refractivity (Wildman–Crippen MR) is 125 cm³/mol. The second-order valence-corrected chi connectivity index (χ2v) is 8.84. The summed E-state index contributed by atoms with van der Waals surface area (Å²) in [6.07, 6.45) is 26.3. The van der Waals surface area contributed by atoms with E-state index < -0.39 is 5.97 Å². The van der Waals surface area contributed by atoms with Gasteiger partial charge >= 0.3 is 5.97 Å². The highest BCUT2D eigenvalue weighted by Crippen LogP contribution is 2.28. The zero-order chi connectivity index (χ0) is 21.9. The maximum atomic E-state index is 12.0. The van der Waals surface area contributed by atoms with Crippen LogP contribution in [0.2, 0.25) is 0 Å². The number of carbonyl (C=O) groups is 2. The van der Waals surface area contributed by atoms with Crippen LogP contribution in [-0.2, 0) is 9.59 Å². The first-order chi connectivity index (χ1) is 14.6. The molecular weight excluding hydrogens is 374 g/mol. The molecular formula is C26H45NO3. The Morgan fingerprint density at radius 1 is 0.833 bits per heavy atom. The maximum Gasteiger partial charge on any atom is 0.306 e. The molecule has 1 rings (SSSR count). The number of nitrogens with one attached hydrogen (secondary N) is 1. The Bertz CT molecular complexity index is 504. The molecule has 30 heavy (non-hydrogen) atoms. The van der Waals surface area contributed by atoms with Crippen LogP contribution in [0.4, 0.5) is 0 Å². The molecule has 172 valence electrons. The van der Waals surface area contributed by atoms with Crippen molar-refractivity contribution in [3.63, 3.8) is 0 Å². The second kappa shape index (κ2) is 18.2. The van der Waals surface area contributed by atoms with Crippen molar-refractivity contribution < 1.29 is 14.7 Å². The first-order valence-electron chi connectivity index (χ1n) is 12.4. The van der Waals surface area contributed by atoms with Crippen molar-refractivity contribution in [2.24, 2.45) is 11.8 Å². The lowest BCUT2D eigenvalue weighted by Gasteiger charge is -2.26. The van der Waals surface area contributed by atoms with Crippen molar-refractivity contribution in [2.75, 3.05) is 6.54 Å². The van der Waals surface area contributed by atoms with Crippen molar-refractivity contribution in [1.29, 1.82) is 0 Å². The van der Waals surface area contributed by atoms with Crippen LogP contribution in [0.3, 0.4) is 0 Å². The minimum absolute atomic E-state index is 0.154. The number of allylic oxidation sites excluding steroid dienone is 4. The largest absolute Gasteiger partial charge is 0.481 e. The summed E-state index contributed by atoms with van der Waals surface area (Å²) in [6, 6.07) is 0. The van der Waals surface area contributed by atoms with Crippen LogP contribution >= 0.6 is 0 Å². The van der Waals surface area contributed by atoms with Gasteiger partial charge in [0, 0.05) is 13.0 Å². The van der Waals surface area contributed by atoms with E-state index in [1.54, 1.807) is 0 Å². The zero-order valence-corrected chi connectivity index (χ0v) is 19.2. The first-order valence-corrected chi connectivity index (χ1v) is 12.4. The summed E-state index contributed by atoms with van der Waals surface area (Å²) < 4.78 is 0. The molecule has 0 aromatic carbocycles. The highest BCUT2D eigenvalue weighted by atomic mass is 16.4. The summed E-state index contributed by atoms with van der Waals surface area (Å²) in [4.78, 5) is 22.9. The van der Waals surface area contributed by atoms with Gasteiger partial charge in [-0.15, -0.1) is 0 Å². The SMILES string of the molecule is CCCCC/C=C\C/C=C\CCCCCCCC(=O)NC[C@H]1CC[C@H](C(=O)O)CC1. The number of hydrogen-bond donors (Lipinski definition) is 2. The average molecular weight is 420 g/mol. The number of carboxylic acids is 1. The highest BCUT2D eigenvalue weighted by molar-refractivity contribution is 5.75. The molecule has 1 fully saturated rings. The van der Waals surface area contributed by atoms with E-state index in [9.17, 15) is 9.59 Å². The minimum Gasteiger partial charge on any atom is -0.481 e. The molecule has 0 spiro atoms. The van der Waals surface area contributed by atoms with Gasteiger partial charge in [0.15, 0.2) is 0 Å². The Hall–Kier alpha value is -1.58. The average Bonchev–Trinajstić information content (AvgIpc) is 2.75. The Labute approximate surface area is 184 Å². The molecule has 0 unspecified atom stereocenters. The highest BCUT2D eigenvalue weighted by Gasteiger charge is 2.25. The zero-order valence-electron chi connectivity index (χ0n) is 19.2. The van der Waals surface area contributed by atoms with Crippen molar-refractivity contribution in [2.45, 2.75) is 110 Å². The van der Waals surface area contributed by atoms with Crippen LogP contribution in [0, 0.1) is 11.8 Å². The van der Waals surface area contributed by atoms with Crippen LogP contribution in [0.1, 0.15) is 110 Å². The van der Waals surface area contributed by atoms with Gasteiger partial charge in [-0.05, 0) is 70.1 Å². The van der Waals surface area contributed by atoms with Crippen LogP contribution in [0.25, 0.3) is 0 Å². The van der Waals surface area contributed by atoms with Crippen molar-refractivity contribution in [3.05, 3.63) is 24.3 Å². The van der Waals surface area contributed by atoms with E-state index in [1.807, 2.05) is 0 Å². The summed E-state index contributed by atoms with van der Waals surface area (Å²) in [7, 11) is 0. The molecule has 0 radical (unpaired) electrons. The first kappa shape index (κ1) is 26.5. The quantitative estimate of drug-likeness (QED) is 0.201. The van der Waals surface area contributed by atoms with E-state index in [4.69, 9.17) is 5.11 Å². The minimum atomic E-state index is -0.668. The molecule has 0 aliphatic heterocycles. The Balaban J connectivity index is 1.87. The third-order valence-corrected chi connectivity index (χ3v) is 6.14. The molecule has 0 aromatic rings. The van der Waals surface area contributed by atoms with E-state index in [2.05, 4.69) is 36.5 Å². The molecule has 2 N–H and O–H groups in total. The fourth-order valence-electron chi connectivity index (χ4n) is 4.06. The lowest BCUT2D eigenvalue weighted by molar-refractivity contribution is -0.143. The molecule has 0 aromatic heterocycles. The molecule has 4 heteroatoms. The molecule has 1 amide bonds. The smallest absolute Gasteiger partial charge is 0.306 e. The van der Waals surface area contributed by atoms with E-state index >= 15 is 0 Å². The number of aliphatic carboxylic acids is 1. The van der Waals surface area contributed by atoms with Crippen LogP contribution < -0.4 is 5.32 Å². The van der Waals surface area contributed by atoms with E-state index in [1.165, 1.54) is 44.9 Å². The Kier molecular flexibility index (Phi) is 16.1. The second-order valence-electron chi connectivity index (χ2n) is 8.84. The number of carbonyl (C=O) groups excluding carboxylic acids is 1. The molecule has 1 aliphatic carbocycles. The van der Waals surface area contributed by atoms with Crippen LogP contribution in [0.5, 0.6) is 0 Å². The number of rotatable bonds is 17. The summed E-state index contributed by atoms with van der Waals surface area (Å²) in [5.41, 5.74) is 0. The summed E-state index contributed by atoms with van der Waals surface area (Å²) >= 11 is 0. The monoisotopic (exact) mass is 419 g/mol. The van der Waals surface area contributed by atoms with Crippen molar-refractivity contribution >= 4 is 11.9 Å². The fourth-order valence-corrected chi connectivity index (χ4v) is 4.06. The number of unbranched alkanes of at least 4 members (excludes halogenated alkanes) is 8. The number of hydrogen-bond acceptors (Lipinski definition) is 2. The summed E-state index contributed by atoms with van der Waals surface area (Å²) in [5.74, 6) is -0.237. The molecule has 1 saturated carbocycles. The van der Waals surface area contributed by atoms with E-state index in [0.29, 0.717) is 18.9 Å². The van der Waals surface area contributed by atoms with Gasteiger partial charge in [0.2, 0.25) is 5.91 Å². The van der Waals surface area contributed by atoms with Crippen LogP contribution in [0.15, 0.2) is 24.3 Å². The standard InChI is InChI=1S/C26H45NO3/c1-2-3-4-5-6-7-8-9-10-11-12-13-14-15-16-17-25(28)27-22-23-18-20-24(21-19-23)26(29)30/h6-7,9-10,23-24H,2-5,8,11-22H2,1H3,(H,27,28)(H,29,30)/b7-6-,10-9-/t23-,24-. The van der Waals surface area contributed by atoms with Gasteiger partial charge in [0.05, 0.1) is 5.92 Å². The summed E-state index contributed by atoms with van der Waals surface area (Å²) in [5, 5.41) is 12.1. The Morgan fingerprint density at radius 3 is 2.07 bits per heavy atom. The third kappa shape index (κ3) is 14.4. The van der Waals surface area contributed by atoms with Gasteiger partial charge < -0.3 is 10.4 Å². The van der Waals surface area contributed by atoms with Gasteiger partial charge in [0.25, 0.3) is 0 Å². The molecule has 0 atom stereocenters. The third-order valence-electron chi connectivity index (χ3n) is 6.14. The van der Waals surface area contributed by atoms with Gasteiger partial charge in [-0.3, -0.25) is 9.59 Å².